The molecule has 2 nitrogen and oxygen atoms in total. The van der Waals surface area contributed by atoms with Crippen molar-refractivity contribution in [3.63, 3.8) is 0 Å². The topological polar surface area (TPSA) is 29.1 Å². The summed E-state index contributed by atoms with van der Waals surface area (Å²) in [6, 6.07) is 5.10. The third kappa shape index (κ3) is 2.30. The van der Waals surface area contributed by atoms with Gasteiger partial charge < -0.3 is 5.32 Å². The lowest BCUT2D eigenvalue weighted by atomic mass is 10.3. The van der Waals surface area contributed by atoms with Gasteiger partial charge in [-0.25, -0.2) is 8.78 Å². The van der Waals surface area contributed by atoms with E-state index in [9.17, 15) is 13.6 Å². The molecule has 1 aromatic rings. The molecule has 64 valence electrons. The highest BCUT2D eigenvalue weighted by Gasteiger charge is 1.99. The van der Waals surface area contributed by atoms with Crippen molar-refractivity contribution in [3.05, 3.63) is 30.1 Å². The molecule has 0 unspecified atom stereocenters. The molecule has 0 aliphatic rings. The summed E-state index contributed by atoms with van der Waals surface area (Å²) in [5.74, 6) is -1.13. The third-order valence-corrected chi connectivity index (χ3v) is 1.25. The number of halogens is 2. The number of amides is 1. The Balaban J connectivity index is 2.64. The lowest BCUT2D eigenvalue weighted by molar-refractivity contribution is -0.117. The molecular formula is C8H7F2NO. The second kappa shape index (κ2) is 3.80. The maximum Gasteiger partial charge on any atom is 0.255 e. The molecule has 4 heteroatoms. The first-order chi connectivity index (χ1) is 5.72. The highest BCUT2D eigenvalue weighted by Crippen LogP contribution is 2.07. The number of anilines is 1. The van der Waals surface area contributed by atoms with E-state index < -0.39 is 18.4 Å². The normalized spacial score (nSPS) is 9.50. The Bertz CT molecular complexity index is 271. The second-order valence-corrected chi connectivity index (χ2v) is 2.19. The van der Waals surface area contributed by atoms with E-state index in [0.717, 1.165) is 0 Å². The minimum atomic E-state index is -1.07. The van der Waals surface area contributed by atoms with E-state index in [0.29, 0.717) is 5.69 Å². The molecule has 0 heterocycles. The number of rotatable bonds is 2. The summed E-state index contributed by atoms with van der Waals surface area (Å²) in [7, 11) is 0. The Hall–Kier alpha value is -1.45. The highest BCUT2D eigenvalue weighted by atomic mass is 19.1. The molecule has 0 fully saturated rings. The van der Waals surface area contributed by atoms with Crippen molar-refractivity contribution >= 4 is 11.6 Å². The quantitative estimate of drug-likeness (QED) is 0.721. The van der Waals surface area contributed by atoms with E-state index in [1.807, 2.05) is 0 Å². The van der Waals surface area contributed by atoms with Crippen molar-refractivity contribution < 1.29 is 13.6 Å². The summed E-state index contributed by atoms with van der Waals surface area (Å²) in [5, 5.41) is 2.24. The Morgan fingerprint density at radius 1 is 1.33 bits per heavy atom. The zero-order chi connectivity index (χ0) is 8.97. The zero-order valence-corrected chi connectivity index (χ0v) is 6.18. The maximum absolute atomic E-state index is 12.3. The van der Waals surface area contributed by atoms with Crippen LogP contribution in [0.25, 0.3) is 0 Å². The fourth-order valence-corrected chi connectivity index (χ4v) is 0.728. The van der Waals surface area contributed by atoms with Crippen LogP contribution in [0.15, 0.2) is 24.3 Å². The molecule has 1 amide bonds. The fourth-order valence-electron chi connectivity index (χ4n) is 0.728. The van der Waals surface area contributed by atoms with Gasteiger partial charge in [0.25, 0.3) is 5.91 Å². The Morgan fingerprint density at radius 2 is 1.92 bits per heavy atom. The molecule has 12 heavy (non-hydrogen) atoms. The summed E-state index contributed by atoms with van der Waals surface area (Å²) in [6.07, 6.45) is 0. The summed E-state index contributed by atoms with van der Waals surface area (Å²) in [4.78, 5) is 10.5. The van der Waals surface area contributed by atoms with Crippen molar-refractivity contribution in [1.29, 1.82) is 0 Å². The molecule has 0 saturated heterocycles. The SMILES string of the molecule is O=C(CF)Nc1ccc(F)cc1. The summed E-state index contributed by atoms with van der Waals surface area (Å²) in [5.41, 5.74) is 0.388. The number of carbonyl (C=O) groups is 1. The van der Waals surface area contributed by atoms with Crippen molar-refractivity contribution in [2.24, 2.45) is 0 Å². The fraction of sp³-hybridized carbons (Fsp3) is 0.125. The van der Waals surface area contributed by atoms with Gasteiger partial charge in [-0.3, -0.25) is 4.79 Å². The third-order valence-electron chi connectivity index (χ3n) is 1.25. The van der Waals surface area contributed by atoms with Gasteiger partial charge in [0.15, 0.2) is 6.67 Å². The number of hydrogen-bond donors (Lipinski definition) is 1. The lowest BCUT2D eigenvalue weighted by Crippen LogP contribution is -2.12. The largest absolute Gasteiger partial charge is 0.324 e. The van der Waals surface area contributed by atoms with Gasteiger partial charge in [0.1, 0.15) is 5.82 Å². The summed E-state index contributed by atoms with van der Waals surface area (Å²) in [6.45, 7) is -1.07. The van der Waals surface area contributed by atoms with Crippen LogP contribution in [0.2, 0.25) is 0 Å². The van der Waals surface area contributed by atoms with Gasteiger partial charge in [-0.05, 0) is 24.3 Å². The lowest BCUT2D eigenvalue weighted by Gasteiger charge is -2.00. The van der Waals surface area contributed by atoms with E-state index in [1.165, 1.54) is 24.3 Å². The summed E-state index contributed by atoms with van der Waals surface area (Å²) >= 11 is 0. The van der Waals surface area contributed by atoms with Crippen LogP contribution in [0.5, 0.6) is 0 Å². The number of nitrogens with one attached hydrogen (secondary N) is 1. The molecule has 0 atom stereocenters. The van der Waals surface area contributed by atoms with E-state index >= 15 is 0 Å². The minimum absolute atomic E-state index is 0.388. The highest BCUT2D eigenvalue weighted by molar-refractivity contribution is 5.91. The van der Waals surface area contributed by atoms with Crippen LogP contribution in [0.3, 0.4) is 0 Å². The van der Waals surface area contributed by atoms with Crippen molar-refractivity contribution in [3.8, 4) is 0 Å². The molecule has 1 N–H and O–H groups in total. The van der Waals surface area contributed by atoms with Crippen molar-refractivity contribution in [1.82, 2.24) is 0 Å². The number of alkyl halides is 1. The van der Waals surface area contributed by atoms with Crippen LogP contribution in [0.4, 0.5) is 14.5 Å². The van der Waals surface area contributed by atoms with Crippen molar-refractivity contribution in [2.45, 2.75) is 0 Å². The van der Waals surface area contributed by atoms with Gasteiger partial charge >= 0.3 is 0 Å². The van der Waals surface area contributed by atoms with Gasteiger partial charge in [0, 0.05) is 5.69 Å². The van der Waals surface area contributed by atoms with Gasteiger partial charge in [-0.1, -0.05) is 0 Å². The molecule has 0 saturated carbocycles. The van der Waals surface area contributed by atoms with E-state index in [4.69, 9.17) is 0 Å². The average Bonchev–Trinajstić information content (AvgIpc) is 2.09. The molecule has 1 aromatic carbocycles. The van der Waals surface area contributed by atoms with Crippen LogP contribution in [-0.2, 0) is 4.79 Å². The Labute approximate surface area is 68.2 Å². The van der Waals surface area contributed by atoms with Gasteiger partial charge in [0.2, 0.25) is 0 Å². The smallest absolute Gasteiger partial charge is 0.255 e. The molecule has 0 bridgehead atoms. The number of benzene rings is 1. The number of carbonyl (C=O) groups excluding carboxylic acids is 1. The van der Waals surface area contributed by atoms with Crippen LogP contribution < -0.4 is 5.32 Å². The first kappa shape index (κ1) is 8.64. The first-order valence-corrected chi connectivity index (χ1v) is 3.34. The van der Waals surface area contributed by atoms with E-state index in [-0.39, 0.29) is 0 Å². The molecule has 0 aliphatic carbocycles. The molecule has 0 aromatic heterocycles. The van der Waals surface area contributed by atoms with Gasteiger partial charge in [0.05, 0.1) is 0 Å². The predicted octanol–water partition coefficient (Wildman–Crippen LogP) is 1.73. The van der Waals surface area contributed by atoms with E-state index in [1.54, 1.807) is 0 Å². The minimum Gasteiger partial charge on any atom is -0.324 e. The molecule has 0 radical (unpaired) electrons. The average molecular weight is 171 g/mol. The molecular weight excluding hydrogens is 164 g/mol. The Kier molecular flexibility index (Phi) is 2.74. The predicted molar refractivity (Wildman–Crippen MR) is 41.0 cm³/mol. The second-order valence-electron chi connectivity index (χ2n) is 2.19. The summed E-state index contributed by atoms with van der Waals surface area (Å²) < 4.78 is 24.0. The van der Waals surface area contributed by atoms with Crippen LogP contribution in [-0.4, -0.2) is 12.6 Å². The molecule has 0 aliphatic heterocycles. The monoisotopic (exact) mass is 171 g/mol. The Morgan fingerprint density at radius 3 is 2.42 bits per heavy atom. The van der Waals surface area contributed by atoms with Crippen LogP contribution in [0, 0.1) is 5.82 Å². The molecule has 0 spiro atoms. The van der Waals surface area contributed by atoms with Gasteiger partial charge in [-0.15, -0.1) is 0 Å². The maximum atomic E-state index is 12.3. The van der Waals surface area contributed by atoms with Gasteiger partial charge in [-0.2, -0.15) is 0 Å². The first-order valence-electron chi connectivity index (χ1n) is 3.34. The standard InChI is InChI=1S/C8H7F2NO/c9-5-8(12)11-7-3-1-6(10)2-4-7/h1-4H,5H2,(H,11,12). The molecule has 1 rings (SSSR count). The van der Waals surface area contributed by atoms with Crippen molar-refractivity contribution in [2.75, 3.05) is 12.0 Å². The zero-order valence-electron chi connectivity index (χ0n) is 6.18. The number of hydrogen-bond acceptors (Lipinski definition) is 1. The van der Waals surface area contributed by atoms with E-state index in [2.05, 4.69) is 5.32 Å². The van der Waals surface area contributed by atoms with Crippen LogP contribution >= 0.6 is 0 Å². The van der Waals surface area contributed by atoms with Crippen LogP contribution in [0.1, 0.15) is 0 Å².